The summed E-state index contributed by atoms with van der Waals surface area (Å²) in [5.74, 6) is 0. The molecule has 0 atom stereocenters. The van der Waals surface area contributed by atoms with Crippen molar-refractivity contribution in [2.75, 3.05) is 7.05 Å². The minimum Gasteiger partial charge on any atom is -0.388 e. The van der Waals surface area contributed by atoms with Gasteiger partial charge in [-0.3, -0.25) is 0 Å². The van der Waals surface area contributed by atoms with Crippen LogP contribution in [0.1, 0.15) is 26.7 Å². The fraction of sp³-hybridized carbons (Fsp3) is 0.556. The first-order chi connectivity index (χ1) is 4.75. The molecule has 0 radical (unpaired) electrons. The summed E-state index contributed by atoms with van der Waals surface area (Å²) < 4.78 is 0. The van der Waals surface area contributed by atoms with Crippen LogP contribution < -0.4 is 5.32 Å². The van der Waals surface area contributed by atoms with Crippen LogP contribution in [0.2, 0.25) is 0 Å². The lowest BCUT2D eigenvalue weighted by Gasteiger charge is -2.16. The molecule has 0 aliphatic heterocycles. The fourth-order valence-electron chi connectivity index (χ4n) is 1.48. The molecule has 0 unspecified atom stereocenters. The van der Waals surface area contributed by atoms with Crippen molar-refractivity contribution in [2.45, 2.75) is 26.7 Å². The van der Waals surface area contributed by atoms with Crippen molar-refractivity contribution in [2.24, 2.45) is 0 Å². The normalized spacial score (nSPS) is 18.9. The van der Waals surface area contributed by atoms with E-state index in [1.54, 1.807) is 0 Å². The van der Waals surface area contributed by atoms with Gasteiger partial charge in [0.15, 0.2) is 0 Å². The number of likely N-dealkylation sites (N-methyl/N-ethyl adjacent to an activating group) is 1. The number of hydrogen-bond acceptors (Lipinski definition) is 1. The molecule has 1 aliphatic carbocycles. The molecule has 10 heavy (non-hydrogen) atoms. The summed E-state index contributed by atoms with van der Waals surface area (Å²) in [4.78, 5) is 0. The van der Waals surface area contributed by atoms with Gasteiger partial charge in [0.25, 0.3) is 0 Å². The van der Waals surface area contributed by atoms with E-state index in [0.29, 0.717) is 0 Å². The Hall–Kier alpha value is -0.720. The molecule has 1 aliphatic rings. The second-order valence-corrected chi connectivity index (χ2v) is 2.83. The van der Waals surface area contributed by atoms with Crippen LogP contribution in [-0.4, -0.2) is 7.05 Å². The maximum absolute atomic E-state index is 3.21. The Morgan fingerprint density at radius 1 is 1.40 bits per heavy atom. The molecule has 1 rings (SSSR count). The average Bonchev–Trinajstić information content (AvgIpc) is 1.88. The molecule has 0 aromatic rings. The molecule has 0 saturated carbocycles. The maximum atomic E-state index is 3.21. The lowest BCUT2D eigenvalue weighted by atomic mass is 9.98. The molecule has 0 fully saturated rings. The summed E-state index contributed by atoms with van der Waals surface area (Å²) in [6.07, 6.45) is 4.72. The molecule has 0 heterocycles. The van der Waals surface area contributed by atoms with Crippen LogP contribution in [-0.2, 0) is 0 Å². The van der Waals surface area contributed by atoms with E-state index in [4.69, 9.17) is 0 Å². The van der Waals surface area contributed by atoms with Crippen LogP contribution in [0.5, 0.6) is 0 Å². The summed E-state index contributed by atoms with van der Waals surface area (Å²) in [7, 11) is 1.99. The molecule has 0 spiro atoms. The molecule has 1 heteroatoms. The minimum atomic E-state index is 1.21. The highest BCUT2D eigenvalue weighted by Gasteiger charge is 2.06. The third kappa shape index (κ3) is 1.23. The summed E-state index contributed by atoms with van der Waals surface area (Å²) in [6, 6.07) is 0. The highest BCUT2D eigenvalue weighted by Crippen LogP contribution is 2.21. The van der Waals surface area contributed by atoms with Gasteiger partial charge in [0.2, 0.25) is 0 Å². The molecule has 1 nitrogen and oxygen atoms in total. The standard InChI is InChI=1S/C9H15N/c1-7-5-4-6-8(2)9(7)10-3/h5,10H,4,6H2,1-3H3. The van der Waals surface area contributed by atoms with E-state index >= 15 is 0 Å². The molecule has 0 saturated heterocycles. The molecular weight excluding hydrogens is 122 g/mol. The van der Waals surface area contributed by atoms with Gasteiger partial charge in [0, 0.05) is 12.7 Å². The van der Waals surface area contributed by atoms with Gasteiger partial charge >= 0.3 is 0 Å². The van der Waals surface area contributed by atoms with Crippen LogP contribution >= 0.6 is 0 Å². The summed E-state index contributed by atoms with van der Waals surface area (Å²) in [6.45, 7) is 4.36. The SMILES string of the molecule is CNC1=C(C)CCC=C1C. The van der Waals surface area contributed by atoms with Crippen molar-refractivity contribution in [3.8, 4) is 0 Å². The van der Waals surface area contributed by atoms with Crippen molar-refractivity contribution in [3.05, 3.63) is 22.9 Å². The fourth-order valence-corrected chi connectivity index (χ4v) is 1.48. The van der Waals surface area contributed by atoms with Crippen LogP contribution in [0, 0.1) is 0 Å². The zero-order valence-electron chi connectivity index (χ0n) is 6.99. The Kier molecular flexibility index (Phi) is 2.15. The van der Waals surface area contributed by atoms with Crippen LogP contribution in [0.25, 0.3) is 0 Å². The maximum Gasteiger partial charge on any atom is 0.0353 e. The van der Waals surface area contributed by atoms with Crippen molar-refractivity contribution in [3.63, 3.8) is 0 Å². The zero-order valence-corrected chi connectivity index (χ0v) is 6.99. The molecule has 0 bridgehead atoms. The van der Waals surface area contributed by atoms with Crippen LogP contribution in [0.15, 0.2) is 22.9 Å². The topological polar surface area (TPSA) is 12.0 Å². The molecular formula is C9H15N. The minimum absolute atomic E-state index is 1.21. The third-order valence-electron chi connectivity index (χ3n) is 2.04. The number of allylic oxidation sites excluding steroid dienone is 3. The quantitative estimate of drug-likeness (QED) is 0.584. The van der Waals surface area contributed by atoms with E-state index in [1.165, 1.54) is 29.7 Å². The van der Waals surface area contributed by atoms with E-state index in [0.717, 1.165) is 0 Å². The summed E-state index contributed by atoms with van der Waals surface area (Å²) in [5, 5.41) is 3.21. The van der Waals surface area contributed by atoms with E-state index in [2.05, 4.69) is 25.2 Å². The summed E-state index contributed by atoms with van der Waals surface area (Å²) in [5.41, 5.74) is 4.22. The Morgan fingerprint density at radius 3 is 2.50 bits per heavy atom. The average molecular weight is 137 g/mol. The van der Waals surface area contributed by atoms with Crippen molar-refractivity contribution in [1.29, 1.82) is 0 Å². The monoisotopic (exact) mass is 137 g/mol. The number of rotatable bonds is 1. The third-order valence-corrected chi connectivity index (χ3v) is 2.04. The van der Waals surface area contributed by atoms with Crippen LogP contribution in [0.4, 0.5) is 0 Å². The van der Waals surface area contributed by atoms with Crippen LogP contribution in [0.3, 0.4) is 0 Å². The Labute approximate surface area is 62.8 Å². The Balaban J connectivity index is 2.87. The lowest BCUT2D eigenvalue weighted by molar-refractivity contribution is 0.855. The summed E-state index contributed by atoms with van der Waals surface area (Å²) >= 11 is 0. The first-order valence-electron chi connectivity index (χ1n) is 3.80. The van der Waals surface area contributed by atoms with Gasteiger partial charge in [-0.1, -0.05) is 6.08 Å². The van der Waals surface area contributed by atoms with Gasteiger partial charge < -0.3 is 5.32 Å². The van der Waals surface area contributed by atoms with E-state index < -0.39 is 0 Å². The van der Waals surface area contributed by atoms with Gasteiger partial charge in [-0.15, -0.1) is 0 Å². The molecule has 1 N–H and O–H groups in total. The van der Waals surface area contributed by atoms with E-state index in [-0.39, 0.29) is 0 Å². The van der Waals surface area contributed by atoms with Gasteiger partial charge in [0.1, 0.15) is 0 Å². The Bertz CT molecular complexity index is 187. The van der Waals surface area contributed by atoms with E-state index in [9.17, 15) is 0 Å². The van der Waals surface area contributed by atoms with Crippen molar-refractivity contribution < 1.29 is 0 Å². The molecule has 0 aromatic carbocycles. The van der Waals surface area contributed by atoms with Crippen molar-refractivity contribution in [1.82, 2.24) is 5.32 Å². The number of nitrogens with one attached hydrogen (secondary N) is 1. The largest absolute Gasteiger partial charge is 0.388 e. The molecule has 0 amide bonds. The van der Waals surface area contributed by atoms with Crippen molar-refractivity contribution >= 4 is 0 Å². The molecule has 0 aromatic heterocycles. The smallest absolute Gasteiger partial charge is 0.0353 e. The van der Waals surface area contributed by atoms with Gasteiger partial charge in [-0.05, 0) is 37.8 Å². The van der Waals surface area contributed by atoms with Gasteiger partial charge in [-0.2, -0.15) is 0 Å². The molecule has 56 valence electrons. The first-order valence-corrected chi connectivity index (χ1v) is 3.80. The van der Waals surface area contributed by atoms with Gasteiger partial charge in [0.05, 0.1) is 0 Å². The lowest BCUT2D eigenvalue weighted by Crippen LogP contribution is -2.11. The highest BCUT2D eigenvalue weighted by atomic mass is 14.8. The first kappa shape index (κ1) is 7.39. The van der Waals surface area contributed by atoms with E-state index in [1.807, 2.05) is 7.05 Å². The Morgan fingerprint density at radius 2 is 2.10 bits per heavy atom. The second kappa shape index (κ2) is 2.91. The number of hydrogen-bond donors (Lipinski definition) is 1. The predicted octanol–water partition coefficient (Wildman–Crippen LogP) is 2.22. The zero-order chi connectivity index (χ0) is 7.56. The predicted molar refractivity (Wildman–Crippen MR) is 44.8 cm³/mol. The van der Waals surface area contributed by atoms with Gasteiger partial charge in [-0.25, -0.2) is 0 Å². The second-order valence-electron chi connectivity index (χ2n) is 2.83. The highest BCUT2D eigenvalue weighted by molar-refractivity contribution is 5.34.